The number of aryl methyl sites for hydroxylation is 1. The third-order valence-electron chi connectivity index (χ3n) is 6.18. The van der Waals surface area contributed by atoms with E-state index in [2.05, 4.69) is 40.0 Å². The highest BCUT2D eigenvalue weighted by Gasteiger charge is 2.25. The Morgan fingerprint density at radius 1 is 1.08 bits per heavy atom. The Bertz CT molecular complexity index is 1450. The molecule has 39 heavy (non-hydrogen) atoms. The van der Waals surface area contributed by atoms with Gasteiger partial charge in [-0.3, -0.25) is 14.6 Å². The SMILES string of the molecule is Cc1ccnc(CN(Cc2ccccc2)C(=O)C(=O)Nc2cnc(N)c3cnn(COCC[Si](C)(C)C)c23)c1. The van der Waals surface area contributed by atoms with E-state index in [9.17, 15) is 9.59 Å². The van der Waals surface area contributed by atoms with Crippen LogP contribution < -0.4 is 11.1 Å². The van der Waals surface area contributed by atoms with Crippen LogP contribution in [0.1, 0.15) is 16.8 Å². The molecule has 0 spiro atoms. The van der Waals surface area contributed by atoms with Crippen LogP contribution in [-0.2, 0) is 34.1 Å². The molecule has 0 aliphatic rings. The second-order valence-corrected chi connectivity index (χ2v) is 16.4. The summed E-state index contributed by atoms with van der Waals surface area (Å²) in [6.07, 6.45) is 4.72. The van der Waals surface area contributed by atoms with Crippen molar-refractivity contribution in [3.8, 4) is 0 Å². The van der Waals surface area contributed by atoms with Gasteiger partial charge in [0.1, 0.15) is 12.5 Å². The van der Waals surface area contributed by atoms with Crippen molar-refractivity contribution in [3.63, 3.8) is 0 Å². The van der Waals surface area contributed by atoms with Gasteiger partial charge in [0, 0.05) is 27.4 Å². The van der Waals surface area contributed by atoms with Gasteiger partial charge in [-0.1, -0.05) is 50.0 Å². The molecule has 0 unspecified atom stereocenters. The van der Waals surface area contributed by atoms with Gasteiger partial charge < -0.3 is 20.7 Å². The highest BCUT2D eigenvalue weighted by atomic mass is 28.3. The first-order valence-corrected chi connectivity index (χ1v) is 16.5. The van der Waals surface area contributed by atoms with Gasteiger partial charge in [0.25, 0.3) is 0 Å². The molecule has 10 nitrogen and oxygen atoms in total. The number of carbonyl (C=O) groups excluding carboxylic acids is 2. The maximum atomic E-state index is 13.5. The Hall–Kier alpha value is -4.09. The molecule has 4 rings (SSSR count). The minimum atomic E-state index is -1.25. The molecule has 0 saturated heterocycles. The van der Waals surface area contributed by atoms with Crippen molar-refractivity contribution in [1.82, 2.24) is 24.6 Å². The number of anilines is 2. The van der Waals surface area contributed by atoms with Crippen LogP contribution in [0.3, 0.4) is 0 Å². The first-order chi connectivity index (χ1) is 18.6. The van der Waals surface area contributed by atoms with Crippen molar-refractivity contribution in [3.05, 3.63) is 77.9 Å². The fraction of sp³-hybridized carbons (Fsp3) is 0.321. The Kier molecular flexibility index (Phi) is 8.72. The maximum absolute atomic E-state index is 13.5. The lowest BCUT2D eigenvalue weighted by Crippen LogP contribution is -2.39. The minimum absolute atomic E-state index is 0.182. The summed E-state index contributed by atoms with van der Waals surface area (Å²) in [6, 6.07) is 14.3. The molecule has 0 bridgehead atoms. The van der Waals surface area contributed by atoms with Crippen LogP contribution in [0.25, 0.3) is 10.9 Å². The molecular weight excluding hydrogens is 510 g/mol. The van der Waals surface area contributed by atoms with Gasteiger partial charge in [-0.15, -0.1) is 0 Å². The number of hydrogen-bond acceptors (Lipinski definition) is 7. The number of nitrogens with one attached hydrogen (secondary N) is 1. The van der Waals surface area contributed by atoms with Crippen LogP contribution in [0, 0.1) is 6.92 Å². The predicted molar refractivity (Wildman–Crippen MR) is 154 cm³/mol. The first-order valence-electron chi connectivity index (χ1n) is 12.8. The fourth-order valence-electron chi connectivity index (χ4n) is 4.04. The van der Waals surface area contributed by atoms with E-state index in [-0.39, 0.29) is 25.6 Å². The highest BCUT2D eigenvalue weighted by Crippen LogP contribution is 2.27. The van der Waals surface area contributed by atoms with E-state index in [0.29, 0.717) is 28.9 Å². The van der Waals surface area contributed by atoms with Gasteiger partial charge in [-0.05, 0) is 36.2 Å². The number of amides is 2. The monoisotopic (exact) mass is 545 g/mol. The van der Waals surface area contributed by atoms with E-state index in [4.69, 9.17) is 10.5 Å². The molecule has 0 atom stereocenters. The first kappa shape index (κ1) is 27.9. The van der Waals surface area contributed by atoms with Crippen LogP contribution in [0.2, 0.25) is 25.7 Å². The second kappa shape index (κ2) is 12.2. The van der Waals surface area contributed by atoms with E-state index in [1.165, 1.54) is 11.1 Å². The third-order valence-corrected chi connectivity index (χ3v) is 7.89. The average Bonchev–Trinajstić information content (AvgIpc) is 3.33. The Morgan fingerprint density at radius 3 is 2.56 bits per heavy atom. The van der Waals surface area contributed by atoms with Crippen molar-refractivity contribution >= 4 is 42.3 Å². The summed E-state index contributed by atoms with van der Waals surface area (Å²) in [4.78, 5) is 36.8. The molecule has 3 aromatic heterocycles. The molecular formula is C28H35N7O3Si. The molecule has 0 aliphatic heterocycles. The van der Waals surface area contributed by atoms with Crippen molar-refractivity contribution < 1.29 is 14.3 Å². The van der Waals surface area contributed by atoms with Crippen LogP contribution in [0.15, 0.2) is 61.1 Å². The van der Waals surface area contributed by atoms with Crippen molar-refractivity contribution in [2.75, 3.05) is 17.7 Å². The lowest BCUT2D eigenvalue weighted by atomic mass is 10.2. The van der Waals surface area contributed by atoms with Crippen LogP contribution in [-0.4, -0.2) is 51.1 Å². The predicted octanol–water partition coefficient (Wildman–Crippen LogP) is 4.20. The number of benzene rings is 1. The van der Waals surface area contributed by atoms with E-state index in [0.717, 1.165) is 17.2 Å². The highest BCUT2D eigenvalue weighted by molar-refractivity contribution is 6.76. The fourth-order valence-corrected chi connectivity index (χ4v) is 4.80. The molecule has 0 fully saturated rings. The van der Waals surface area contributed by atoms with Crippen molar-refractivity contribution in [2.45, 2.75) is 52.4 Å². The molecule has 1 aromatic carbocycles. The van der Waals surface area contributed by atoms with E-state index < -0.39 is 19.9 Å². The van der Waals surface area contributed by atoms with Gasteiger partial charge >= 0.3 is 11.8 Å². The number of nitrogens with two attached hydrogens (primary N) is 1. The van der Waals surface area contributed by atoms with Crippen molar-refractivity contribution in [2.24, 2.45) is 0 Å². The number of aromatic nitrogens is 4. The smallest absolute Gasteiger partial charge is 0.314 e. The largest absolute Gasteiger partial charge is 0.383 e. The normalized spacial score (nSPS) is 11.5. The summed E-state index contributed by atoms with van der Waals surface area (Å²) >= 11 is 0. The Morgan fingerprint density at radius 2 is 1.85 bits per heavy atom. The Labute approximate surface area is 229 Å². The molecule has 0 saturated carbocycles. The summed E-state index contributed by atoms with van der Waals surface area (Å²) in [7, 11) is -1.25. The zero-order valence-electron chi connectivity index (χ0n) is 22.8. The molecule has 11 heteroatoms. The minimum Gasteiger partial charge on any atom is -0.383 e. The summed E-state index contributed by atoms with van der Waals surface area (Å²) < 4.78 is 7.49. The topological polar surface area (TPSA) is 128 Å². The van der Waals surface area contributed by atoms with E-state index in [1.54, 1.807) is 17.1 Å². The lowest BCUT2D eigenvalue weighted by molar-refractivity contribution is -0.144. The number of fused-ring (bicyclic) bond motifs is 1. The van der Waals surface area contributed by atoms with E-state index >= 15 is 0 Å². The van der Waals surface area contributed by atoms with Gasteiger partial charge in [-0.2, -0.15) is 5.10 Å². The van der Waals surface area contributed by atoms with Gasteiger partial charge in [-0.25, -0.2) is 9.67 Å². The molecule has 4 aromatic rings. The lowest BCUT2D eigenvalue weighted by Gasteiger charge is -2.22. The third kappa shape index (κ3) is 7.49. The van der Waals surface area contributed by atoms with Crippen LogP contribution >= 0.6 is 0 Å². The van der Waals surface area contributed by atoms with E-state index in [1.807, 2.05) is 49.4 Å². The molecule has 204 valence electrons. The number of hydrogen-bond donors (Lipinski definition) is 2. The number of rotatable bonds is 10. The standard InChI is InChI=1S/C28H35N7O3Si/c1-20-10-11-30-22(14-20)18-34(17-21-8-6-5-7-9-21)28(37)27(36)33-24-16-31-26(29)23-15-32-35(25(23)24)19-38-12-13-39(2,3)4/h5-11,14-16H,12-13,17-19H2,1-4H3,(H2,29,31)(H,33,36). The molecule has 2 amide bonds. The Balaban J connectivity index is 1.55. The van der Waals surface area contributed by atoms with Gasteiger partial charge in [0.2, 0.25) is 0 Å². The van der Waals surface area contributed by atoms with Gasteiger partial charge in [0.05, 0.1) is 41.2 Å². The molecule has 0 radical (unpaired) electrons. The van der Waals surface area contributed by atoms with Crippen LogP contribution in [0.4, 0.5) is 11.5 Å². The number of nitrogens with zero attached hydrogens (tertiary/aromatic N) is 5. The van der Waals surface area contributed by atoms with Crippen molar-refractivity contribution in [1.29, 1.82) is 0 Å². The average molecular weight is 546 g/mol. The maximum Gasteiger partial charge on any atom is 0.314 e. The summed E-state index contributed by atoms with van der Waals surface area (Å²) in [5.74, 6) is -1.21. The summed E-state index contributed by atoms with van der Waals surface area (Å²) in [6.45, 7) is 10.0. The second-order valence-electron chi connectivity index (χ2n) is 10.7. The number of pyridine rings is 2. The zero-order valence-corrected chi connectivity index (χ0v) is 23.8. The van der Waals surface area contributed by atoms with Gasteiger partial charge in [0.15, 0.2) is 0 Å². The zero-order chi connectivity index (χ0) is 28.0. The summed E-state index contributed by atoms with van der Waals surface area (Å²) in [5.41, 5.74) is 9.57. The molecule has 0 aliphatic carbocycles. The number of nitrogen functional groups attached to an aromatic ring is 1. The molecule has 3 N–H and O–H groups in total. The molecule has 3 heterocycles. The number of carbonyl (C=O) groups is 2. The van der Waals surface area contributed by atoms with Crippen LogP contribution in [0.5, 0.6) is 0 Å². The quantitative estimate of drug-likeness (QED) is 0.174. The summed E-state index contributed by atoms with van der Waals surface area (Å²) in [5, 5.41) is 7.69. The number of ether oxygens (including phenoxy) is 1.